The molecule has 0 aromatic heterocycles. The Morgan fingerprint density at radius 2 is 1.96 bits per heavy atom. The van der Waals surface area contributed by atoms with Crippen molar-refractivity contribution in [2.45, 2.75) is 0 Å². The van der Waals surface area contributed by atoms with Crippen LogP contribution >= 0.6 is 27.7 Å². The van der Waals surface area contributed by atoms with Crippen LogP contribution < -0.4 is 5.32 Å². The smallest absolute Gasteiger partial charge is 0.294 e. The number of para-hydroxylation sites is 1. The molecule has 10 heteroatoms. The Hall–Kier alpha value is -2.98. The summed E-state index contributed by atoms with van der Waals surface area (Å²) in [6.45, 7) is -0.432. The first-order chi connectivity index (χ1) is 13.3. The molecule has 0 radical (unpaired) electrons. The predicted octanol–water partition coefficient (Wildman–Crippen LogP) is 4.03. The Morgan fingerprint density at radius 1 is 1.21 bits per heavy atom. The predicted molar refractivity (Wildman–Crippen MR) is 109 cm³/mol. The lowest BCUT2D eigenvalue weighted by Crippen LogP contribution is -2.36. The van der Waals surface area contributed by atoms with Crippen molar-refractivity contribution in [2.24, 2.45) is 0 Å². The van der Waals surface area contributed by atoms with Crippen LogP contribution in [-0.4, -0.2) is 33.4 Å². The Bertz CT molecular complexity index is 1020. The standard InChI is InChI=1S/C18H12BrN3O5S/c19-13-6-1-2-7-14(13)20-16(23)10-21-17(24)15(28-18(21)25)9-11-4-3-5-12(8-11)22(26)27/h1-9H,10H2,(H,20,23)/b15-9+. The van der Waals surface area contributed by atoms with Gasteiger partial charge in [-0.15, -0.1) is 0 Å². The monoisotopic (exact) mass is 461 g/mol. The highest BCUT2D eigenvalue weighted by Gasteiger charge is 2.36. The normalized spacial score (nSPS) is 15.2. The van der Waals surface area contributed by atoms with Crippen molar-refractivity contribution in [1.29, 1.82) is 0 Å². The number of amides is 3. The van der Waals surface area contributed by atoms with Crippen molar-refractivity contribution in [1.82, 2.24) is 4.90 Å². The van der Waals surface area contributed by atoms with Crippen LogP contribution in [0.3, 0.4) is 0 Å². The molecule has 0 unspecified atom stereocenters. The van der Waals surface area contributed by atoms with Gasteiger partial charge in [-0.1, -0.05) is 24.3 Å². The summed E-state index contributed by atoms with van der Waals surface area (Å²) in [5, 5.41) is 12.9. The van der Waals surface area contributed by atoms with Gasteiger partial charge in [-0.25, -0.2) is 0 Å². The SMILES string of the molecule is O=C(CN1C(=O)S/C(=C/c2cccc([N+](=O)[O-])c2)C1=O)Nc1ccccc1Br. The lowest BCUT2D eigenvalue weighted by atomic mass is 10.2. The Labute approximate surface area is 171 Å². The third-order valence-corrected chi connectivity index (χ3v) is 5.30. The number of carbonyl (C=O) groups is 3. The van der Waals surface area contributed by atoms with Gasteiger partial charge in [0.2, 0.25) is 5.91 Å². The van der Waals surface area contributed by atoms with E-state index in [0.29, 0.717) is 27.5 Å². The number of halogens is 1. The first-order valence-corrected chi connectivity index (χ1v) is 9.50. The molecule has 8 nitrogen and oxygen atoms in total. The number of benzene rings is 2. The fourth-order valence-corrected chi connectivity index (χ4v) is 3.63. The maximum Gasteiger partial charge on any atom is 0.294 e. The lowest BCUT2D eigenvalue weighted by Gasteiger charge is -2.13. The molecule has 0 saturated carbocycles. The van der Waals surface area contributed by atoms with Crippen molar-refractivity contribution >= 4 is 62.2 Å². The number of nitro benzene ring substituents is 1. The van der Waals surface area contributed by atoms with Gasteiger partial charge in [-0.05, 0) is 51.5 Å². The number of nitrogens with zero attached hydrogens (tertiary/aromatic N) is 2. The average molecular weight is 462 g/mol. The van der Waals surface area contributed by atoms with E-state index in [9.17, 15) is 24.5 Å². The Morgan fingerprint density at radius 3 is 2.68 bits per heavy atom. The molecule has 3 amide bonds. The highest BCUT2D eigenvalue weighted by atomic mass is 79.9. The molecule has 1 aliphatic heterocycles. The minimum Gasteiger partial charge on any atom is -0.324 e. The second kappa shape index (κ2) is 8.36. The topological polar surface area (TPSA) is 110 Å². The van der Waals surface area contributed by atoms with E-state index >= 15 is 0 Å². The maximum atomic E-state index is 12.5. The first-order valence-electron chi connectivity index (χ1n) is 7.89. The van der Waals surface area contributed by atoms with Crippen LogP contribution in [0, 0.1) is 10.1 Å². The molecule has 28 heavy (non-hydrogen) atoms. The van der Waals surface area contributed by atoms with Crippen LogP contribution in [0.25, 0.3) is 6.08 Å². The van der Waals surface area contributed by atoms with Crippen LogP contribution in [0.1, 0.15) is 5.56 Å². The van der Waals surface area contributed by atoms with E-state index in [-0.39, 0.29) is 10.6 Å². The summed E-state index contributed by atoms with van der Waals surface area (Å²) in [5.74, 6) is -1.14. The van der Waals surface area contributed by atoms with Gasteiger partial charge in [0.05, 0.1) is 15.5 Å². The zero-order valence-electron chi connectivity index (χ0n) is 14.1. The fourth-order valence-electron chi connectivity index (χ4n) is 2.41. The van der Waals surface area contributed by atoms with E-state index in [1.165, 1.54) is 24.3 Å². The number of thioether (sulfide) groups is 1. The Balaban J connectivity index is 1.73. The fraction of sp³-hybridized carbons (Fsp3) is 0.0556. The van der Waals surface area contributed by atoms with Crippen LogP contribution in [0.2, 0.25) is 0 Å². The zero-order valence-corrected chi connectivity index (χ0v) is 16.5. The third kappa shape index (κ3) is 4.46. The molecule has 2 aromatic carbocycles. The van der Waals surface area contributed by atoms with Gasteiger partial charge < -0.3 is 5.32 Å². The first kappa shape index (κ1) is 19.8. The summed E-state index contributed by atoms with van der Waals surface area (Å²) < 4.78 is 0.669. The molecule has 0 spiro atoms. The summed E-state index contributed by atoms with van der Waals surface area (Å²) >= 11 is 3.98. The summed E-state index contributed by atoms with van der Waals surface area (Å²) in [7, 11) is 0. The Kier molecular flexibility index (Phi) is 5.90. The molecule has 0 bridgehead atoms. The van der Waals surface area contributed by atoms with Gasteiger partial charge in [-0.2, -0.15) is 0 Å². The summed E-state index contributed by atoms with van der Waals surface area (Å²) in [4.78, 5) is 48.1. The molecule has 2 aromatic rings. The number of non-ortho nitro benzene ring substituents is 1. The number of hydrogen-bond acceptors (Lipinski definition) is 6. The zero-order chi connectivity index (χ0) is 20.3. The summed E-state index contributed by atoms with van der Waals surface area (Å²) in [6, 6.07) is 12.6. The number of nitro groups is 1. The van der Waals surface area contributed by atoms with Gasteiger partial charge in [0.25, 0.3) is 16.8 Å². The summed E-state index contributed by atoms with van der Waals surface area (Å²) in [6.07, 6.45) is 1.39. The van der Waals surface area contributed by atoms with Gasteiger partial charge in [0.15, 0.2) is 0 Å². The molecule has 3 rings (SSSR count). The highest BCUT2D eigenvalue weighted by molar-refractivity contribution is 9.10. The molecule has 1 N–H and O–H groups in total. The largest absolute Gasteiger partial charge is 0.324 e. The molecule has 142 valence electrons. The number of rotatable bonds is 5. The maximum absolute atomic E-state index is 12.5. The van der Waals surface area contributed by atoms with Gasteiger partial charge in [-0.3, -0.25) is 29.4 Å². The van der Waals surface area contributed by atoms with Crippen molar-refractivity contribution in [2.75, 3.05) is 11.9 Å². The lowest BCUT2D eigenvalue weighted by molar-refractivity contribution is -0.384. The minimum absolute atomic E-state index is 0.0965. The minimum atomic E-state index is -0.621. The number of hydrogen-bond donors (Lipinski definition) is 1. The van der Waals surface area contributed by atoms with Gasteiger partial charge in [0.1, 0.15) is 6.54 Å². The van der Waals surface area contributed by atoms with Gasteiger partial charge in [0, 0.05) is 16.6 Å². The van der Waals surface area contributed by atoms with Crippen molar-refractivity contribution in [3.8, 4) is 0 Å². The third-order valence-electron chi connectivity index (χ3n) is 3.70. The molecule has 0 aliphatic carbocycles. The van der Waals surface area contributed by atoms with Crippen molar-refractivity contribution in [3.63, 3.8) is 0 Å². The number of carbonyl (C=O) groups excluding carboxylic acids is 3. The van der Waals surface area contributed by atoms with E-state index in [1.807, 2.05) is 0 Å². The molecule has 1 heterocycles. The van der Waals surface area contributed by atoms with Crippen LogP contribution in [-0.2, 0) is 9.59 Å². The van der Waals surface area contributed by atoms with E-state index < -0.39 is 28.5 Å². The average Bonchev–Trinajstić information content (AvgIpc) is 2.91. The van der Waals surface area contributed by atoms with E-state index in [0.717, 1.165) is 4.90 Å². The number of anilines is 1. The second-order valence-electron chi connectivity index (χ2n) is 5.65. The second-order valence-corrected chi connectivity index (χ2v) is 7.50. The molecule has 1 aliphatic rings. The van der Waals surface area contributed by atoms with Crippen molar-refractivity contribution in [3.05, 3.63) is 73.6 Å². The summed E-state index contributed by atoms with van der Waals surface area (Å²) in [5.41, 5.74) is 0.810. The number of imide groups is 1. The van der Waals surface area contributed by atoms with E-state index in [4.69, 9.17) is 0 Å². The molecular formula is C18H12BrN3O5S. The quantitative estimate of drug-likeness (QED) is 0.408. The van der Waals surface area contributed by atoms with Crippen molar-refractivity contribution < 1.29 is 19.3 Å². The van der Waals surface area contributed by atoms with Crippen LogP contribution in [0.4, 0.5) is 16.2 Å². The number of nitrogens with one attached hydrogen (secondary N) is 1. The van der Waals surface area contributed by atoms with Gasteiger partial charge >= 0.3 is 0 Å². The molecule has 1 saturated heterocycles. The molecule has 0 atom stereocenters. The highest BCUT2D eigenvalue weighted by Crippen LogP contribution is 2.32. The molecular weight excluding hydrogens is 450 g/mol. The van der Waals surface area contributed by atoms with Crippen LogP contribution in [0.15, 0.2) is 57.9 Å². The molecule has 1 fully saturated rings. The van der Waals surface area contributed by atoms with E-state index in [2.05, 4.69) is 21.2 Å². The van der Waals surface area contributed by atoms with E-state index in [1.54, 1.807) is 30.3 Å². The van der Waals surface area contributed by atoms with Crippen LogP contribution in [0.5, 0.6) is 0 Å².